The van der Waals surface area contributed by atoms with Crippen LogP contribution < -0.4 is 0 Å². The number of hydrogen-bond donors (Lipinski definition) is 0. The van der Waals surface area contributed by atoms with Crippen LogP contribution >= 0.6 is 0 Å². The third kappa shape index (κ3) is 4.06. The number of nitrogens with zero attached hydrogens (tertiary/aromatic N) is 4. The molecule has 1 aromatic heterocycles. The Labute approximate surface area is 150 Å². The molecule has 138 valence electrons. The van der Waals surface area contributed by atoms with E-state index in [-0.39, 0.29) is 18.6 Å². The van der Waals surface area contributed by atoms with E-state index in [2.05, 4.69) is 14.7 Å². The van der Waals surface area contributed by atoms with E-state index in [1.54, 1.807) is 0 Å². The molecule has 0 spiro atoms. The van der Waals surface area contributed by atoms with Gasteiger partial charge in [0.2, 0.25) is 5.91 Å². The number of rotatable bonds is 5. The maximum Gasteiger partial charge on any atom is 0.249 e. The Balaban J connectivity index is 1.37. The van der Waals surface area contributed by atoms with Crippen molar-refractivity contribution in [2.75, 3.05) is 32.8 Å². The van der Waals surface area contributed by atoms with Crippen molar-refractivity contribution in [3.63, 3.8) is 0 Å². The lowest BCUT2D eigenvalue weighted by molar-refractivity contribution is -0.140. The molecule has 1 saturated carbocycles. The molecule has 1 amide bonds. The third-order valence-electron chi connectivity index (χ3n) is 5.90. The Bertz CT molecular complexity index is 576. The Morgan fingerprint density at radius 3 is 2.76 bits per heavy atom. The van der Waals surface area contributed by atoms with Gasteiger partial charge in [-0.2, -0.15) is 5.10 Å². The first-order chi connectivity index (χ1) is 12.3. The largest absolute Gasteiger partial charge is 0.368 e. The molecule has 0 N–H and O–H groups in total. The van der Waals surface area contributed by atoms with Crippen LogP contribution in [0.15, 0.2) is 12.3 Å². The summed E-state index contributed by atoms with van der Waals surface area (Å²) in [6.07, 6.45) is 10.8. The number of ether oxygens (including phenoxy) is 1. The fraction of sp³-hybridized carbons (Fsp3) is 0.789. The second-order valence-corrected chi connectivity index (χ2v) is 7.77. The summed E-state index contributed by atoms with van der Waals surface area (Å²) in [5, 5.41) is 4.53. The summed E-state index contributed by atoms with van der Waals surface area (Å²) in [5.74, 6) is 0.128. The maximum absolute atomic E-state index is 12.7. The molecule has 2 fully saturated rings. The van der Waals surface area contributed by atoms with Crippen LogP contribution in [0, 0.1) is 0 Å². The molecule has 2 aliphatic heterocycles. The smallest absolute Gasteiger partial charge is 0.249 e. The number of carbonyl (C=O) groups excluding carboxylic acids is 1. The zero-order valence-electron chi connectivity index (χ0n) is 15.1. The highest BCUT2D eigenvalue weighted by Gasteiger charge is 2.30. The van der Waals surface area contributed by atoms with Crippen LogP contribution in [0.2, 0.25) is 0 Å². The highest BCUT2D eigenvalue weighted by Crippen LogP contribution is 2.24. The summed E-state index contributed by atoms with van der Waals surface area (Å²) in [7, 11) is 0. The molecular weight excluding hydrogens is 316 g/mol. The molecule has 0 bridgehead atoms. The molecular formula is C19H30N4O2. The van der Waals surface area contributed by atoms with Gasteiger partial charge in [-0.15, -0.1) is 0 Å². The van der Waals surface area contributed by atoms with Gasteiger partial charge in [0, 0.05) is 19.3 Å². The highest BCUT2D eigenvalue weighted by molar-refractivity contribution is 5.77. The average Bonchev–Trinajstić information content (AvgIpc) is 3.32. The van der Waals surface area contributed by atoms with Gasteiger partial charge in [0.15, 0.2) is 0 Å². The van der Waals surface area contributed by atoms with E-state index >= 15 is 0 Å². The van der Waals surface area contributed by atoms with Gasteiger partial charge in [0.25, 0.3) is 0 Å². The van der Waals surface area contributed by atoms with Crippen molar-refractivity contribution >= 4 is 5.91 Å². The minimum Gasteiger partial charge on any atom is -0.368 e. The molecule has 1 atom stereocenters. The van der Waals surface area contributed by atoms with E-state index < -0.39 is 0 Å². The highest BCUT2D eigenvalue weighted by atomic mass is 16.5. The molecule has 1 aliphatic carbocycles. The van der Waals surface area contributed by atoms with Gasteiger partial charge in [0.1, 0.15) is 6.61 Å². The molecule has 6 nitrogen and oxygen atoms in total. The molecule has 1 aromatic rings. The summed E-state index contributed by atoms with van der Waals surface area (Å²) in [4.78, 5) is 17.2. The standard InChI is InChI=1S/C19H30N4O2/c24-19(15-25-18-6-2-3-7-18)22-13-16-8-9-20-23(16)17(14-22)12-21-10-4-1-5-11-21/h8-9,17-18H,1-7,10-15H2. The van der Waals surface area contributed by atoms with Gasteiger partial charge in [-0.3, -0.25) is 9.48 Å². The van der Waals surface area contributed by atoms with Gasteiger partial charge in [-0.05, 0) is 44.8 Å². The molecule has 25 heavy (non-hydrogen) atoms. The fourth-order valence-corrected chi connectivity index (χ4v) is 4.49. The van der Waals surface area contributed by atoms with Gasteiger partial charge in [0.05, 0.1) is 24.4 Å². The molecule has 1 saturated heterocycles. The first kappa shape index (κ1) is 17.0. The van der Waals surface area contributed by atoms with Crippen molar-refractivity contribution in [1.29, 1.82) is 0 Å². The van der Waals surface area contributed by atoms with Gasteiger partial charge < -0.3 is 14.5 Å². The molecule has 4 rings (SSSR count). The SMILES string of the molecule is O=C(COC1CCCC1)N1Cc2ccnn2C(CN2CCCCC2)C1. The van der Waals surface area contributed by atoms with Crippen LogP contribution in [-0.4, -0.2) is 64.4 Å². The van der Waals surface area contributed by atoms with Crippen LogP contribution in [0.4, 0.5) is 0 Å². The monoisotopic (exact) mass is 346 g/mol. The van der Waals surface area contributed by atoms with E-state index in [1.165, 1.54) is 45.2 Å². The molecule has 3 heterocycles. The molecule has 1 unspecified atom stereocenters. The van der Waals surface area contributed by atoms with Crippen molar-refractivity contribution in [2.24, 2.45) is 0 Å². The zero-order valence-corrected chi connectivity index (χ0v) is 15.1. The maximum atomic E-state index is 12.7. The van der Waals surface area contributed by atoms with Crippen molar-refractivity contribution in [2.45, 2.75) is 63.6 Å². The molecule has 0 aromatic carbocycles. The lowest BCUT2D eigenvalue weighted by Crippen LogP contribution is -2.47. The van der Waals surface area contributed by atoms with Gasteiger partial charge in [-0.25, -0.2) is 0 Å². The van der Waals surface area contributed by atoms with Gasteiger partial charge in [-0.1, -0.05) is 19.3 Å². The van der Waals surface area contributed by atoms with Crippen LogP contribution in [0.1, 0.15) is 56.7 Å². The van der Waals surface area contributed by atoms with Crippen molar-refractivity contribution < 1.29 is 9.53 Å². The van der Waals surface area contributed by atoms with Crippen molar-refractivity contribution in [3.05, 3.63) is 18.0 Å². The van der Waals surface area contributed by atoms with E-state index in [1.807, 2.05) is 17.2 Å². The Morgan fingerprint density at radius 2 is 1.96 bits per heavy atom. The molecule has 0 radical (unpaired) electrons. The second kappa shape index (κ2) is 7.87. The van der Waals surface area contributed by atoms with E-state index in [4.69, 9.17) is 4.74 Å². The fourth-order valence-electron chi connectivity index (χ4n) is 4.49. The minimum atomic E-state index is 0.128. The summed E-state index contributed by atoms with van der Waals surface area (Å²) in [6, 6.07) is 2.30. The number of fused-ring (bicyclic) bond motifs is 1. The predicted octanol–water partition coefficient (Wildman–Crippen LogP) is 2.21. The Morgan fingerprint density at radius 1 is 1.16 bits per heavy atom. The van der Waals surface area contributed by atoms with Crippen LogP contribution in [0.25, 0.3) is 0 Å². The van der Waals surface area contributed by atoms with Gasteiger partial charge >= 0.3 is 0 Å². The van der Waals surface area contributed by atoms with Crippen LogP contribution in [0.3, 0.4) is 0 Å². The summed E-state index contributed by atoms with van der Waals surface area (Å²) in [5.41, 5.74) is 1.14. The number of amides is 1. The Hall–Kier alpha value is -1.40. The number of aromatic nitrogens is 2. The summed E-state index contributed by atoms with van der Waals surface area (Å²) >= 11 is 0. The van der Waals surface area contributed by atoms with Crippen molar-refractivity contribution in [3.8, 4) is 0 Å². The Kier molecular flexibility index (Phi) is 5.36. The van der Waals surface area contributed by atoms with E-state index in [0.29, 0.717) is 12.6 Å². The second-order valence-electron chi connectivity index (χ2n) is 7.77. The first-order valence-electron chi connectivity index (χ1n) is 9.94. The summed E-state index contributed by atoms with van der Waals surface area (Å²) in [6.45, 7) is 4.97. The first-order valence-corrected chi connectivity index (χ1v) is 9.94. The zero-order chi connectivity index (χ0) is 17.1. The molecule has 3 aliphatic rings. The predicted molar refractivity (Wildman–Crippen MR) is 95.2 cm³/mol. The van der Waals surface area contributed by atoms with Crippen LogP contribution in [0.5, 0.6) is 0 Å². The lowest BCUT2D eigenvalue weighted by atomic mass is 10.1. The number of hydrogen-bond acceptors (Lipinski definition) is 4. The summed E-state index contributed by atoms with van der Waals surface area (Å²) < 4.78 is 7.98. The normalized spacial score (nSPS) is 25.3. The van der Waals surface area contributed by atoms with E-state index in [0.717, 1.165) is 31.6 Å². The minimum absolute atomic E-state index is 0.128. The van der Waals surface area contributed by atoms with E-state index in [9.17, 15) is 4.79 Å². The number of piperidine rings is 1. The lowest BCUT2D eigenvalue weighted by Gasteiger charge is -2.37. The number of carbonyl (C=O) groups is 1. The average molecular weight is 346 g/mol. The third-order valence-corrected chi connectivity index (χ3v) is 5.90. The van der Waals surface area contributed by atoms with Crippen LogP contribution in [-0.2, 0) is 16.1 Å². The number of likely N-dealkylation sites (tertiary alicyclic amines) is 1. The van der Waals surface area contributed by atoms with Crippen molar-refractivity contribution in [1.82, 2.24) is 19.6 Å². The molecule has 6 heteroatoms. The quantitative estimate of drug-likeness (QED) is 0.820. The topological polar surface area (TPSA) is 50.6 Å².